The van der Waals surface area contributed by atoms with Crippen LogP contribution in [0.4, 0.5) is 5.82 Å². The van der Waals surface area contributed by atoms with E-state index in [-0.39, 0.29) is 0 Å². The van der Waals surface area contributed by atoms with E-state index >= 15 is 0 Å². The zero-order valence-electron chi connectivity index (χ0n) is 13.1. The normalized spacial score (nSPS) is 13.1. The highest BCUT2D eigenvalue weighted by Crippen LogP contribution is 2.36. The van der Waals surface area contributed by atoms with Crippen molar-refractivity contribution in [3.63, 3.8) is 0 Å². The zero-order valence-corrected chi connectivity index (χ0v) is 13.8. The highest BCUT2D eigenvalue weighted by Gasteiger charge is 2.29. The van der Waals surface area contributed by atoms with Crippen molar-refractivity contribution in [3.05, 3.63) is 35.6 Å². The average Bonchev–Trinajstić information content (AvgIpc) is 3.11. The summed E-state index contributed by atoms with van der Waals surface area (Å²) in [6.45, 7) is 3.81. The monoisotopic (exact) mass is 328 g/mol. The van der Waals surface area contributed by atoms with Gasteiger partial charge in [-0.3, -0.25) is 4.57 Å². The van der Waals surface area contributed by atoms with Gasteiger partial charge >= 0.3 is 0 Å². The zero-order chi connectivity index (χ0) is 16.0. The third-order valence-electron chi connectivity index (χ3n) is 4.07. The van der Waals surface area contributed by atoms with Crippen LogP contribution in [0.15, 0.2) is 30.6 Å². The Balaban J connectivity index is 1.88. The van der Waals surface area contributed by atoms with Gasteiger partial charge in [0.1, 0.15) is 5.69 Å². The third kappa shape index (κ3) is 2.21. The van der Waals surface area contributed by atoms with Crippen LogP contribution in [0.25, 0.3) is 22.9 Å². The first-order valence-electron chi connectivity index (χ1n) is 7.64. The molecule has 0 saturated heterocycles. The molecule has 2 aromatic heterocycles. The quantitative estimate of drug-likeness (QED) is 0.741. The summed E-state index contributed by atoms with van der Waals surface area (Å²) in [4.78, 5) is 6.80. The van der Waals surface area contributed by atoms with Crippen LogP contribution in [0.1, 0.15) is 13.3 Å². The molecule has 1 aliphatic heterocycles. The number of aromatic nitrogens is 5. The first kappa shape index (κ1) is 14.3. The summed E-state index contributed by atoms with van der Waals surface area (Å²) >= 11 is 6.13. The minimum atomic E-state index is 0.696. The molecule has 4 rings (SSSR count). The number of nitrogens with zero attached hydrogens (tertiary/aromatic N) is 6. The van der Waals surface area contributed by atoms with Crippen molar-refractivity contribution >= 4 is 17.4 Å². The summed E-state index contributed by atoms with van der Waals surface area (Å²) in [5.74, 6) is 2.66. The van der Waals surface area contributed by atoms with Gasteiger partial charge in [0.25, 0.3) is 0 Å². The van der Waals surface area contributed by atoms with Gasteiger partial charge in [-0.2, -0.15) is 0 Å². The van der Waals surface area contributed by atoms with Crippen molar-refractivity contribution < 1.29 is 0 Å². The lowest BCUT2D eigenvalue weighted by Crippen LogP contribution is -2.32. The Kier molecular flexibility index (Phi) is 3.34. The lowest BCUT2D eigenvalue weighted by atomic mass is 10.2. The molecule has 0 unspecified atom stereocenters. The number of anilines is 1. The van der Waals surface area contributed by atoms with E-state index in [0.29, 0.717) is 11.7 Å². The molecule has 0 amide bonds. The van der Waals surface area contributed by atoms with E-state index in [2.05, 4.69) is 31.6 Å². The fourth-order valence-electron chi connectivity index (χ4n) is 3.04. The molecule has 118 valence electrons. The van der Waals surface area contributed by atoms with E-state index in [9.17, 15) is 0 Å². The van der Waals surface area contributed by atoms with Crippen LogP contribution in [0, 0.1) is 0 Å². The van der Waals surface area contributed by atoms with Gasteiger partial charge in [0.2, 0.25) is 0 Å². The van der Waals surface area contributed by atoms with Crippen molar-refractivity contribution in [2.45, 2.75) is 20.0 Å². The first-order valence-corrected chi connectivity index (χ1v) is 8.02. The van der Waals surface area contributed by atoms with Crippen LogP contribution in [0.2, 0.25) is 5.02 Å². The van der Waals surface area contributed by atoms with Gasteiger partial charge in [-0.05, 0) is 18.6 Å². The van der Waals surface area contributed by atoms with Crippen LogP contribution < -0.4 is 4.90 Å². The average molecular weight is 329 g/mol. The van der Waals surface area contributed by atoms with E-state index in [1.54, 1.807) is 0 Å². The van der Waals surface area contributed by atoms with Gasteiger partial charge in [-0.1, -0.05) is 30.7 Å². The largest absolute Gasteiger partial charge is 0.337 e. The standard InChI is InChI=1S/C16H17ClN6/c1-3-7-22-10-23-14(11-5-4-6-12(17)8-11)19-20-16(23)13-15(22)18-9-21(13)2/h4-6,8-9H,3,7,10H2,1-2H3. The Bertz CT molecular complexity index is 865. The van der Waals surface area contributed by atoms with Gasteiger partial charge in [-0.25, -0.2) is 4.98 Å². The van der Waals surface area contributed by atoms with Gasteiger partial charge in [0, 0.05) is 24.2 Å². The topological polar surface area (TPSA) is 51.8 Å². The summed E-state index contributed by atoms with van der Waals surface area (Å²) < 4.78 is 4.13. The summed E-state index contributed by atoms with van der Waals surface area (Å²) in [6.07, 6.45) is 2.89. The number of rotatable bonds is 3. The Morgan fingerprint density at radius 1 is 1.22 bits per heavy atom. The molecule has 0 bridgehead atoms. The number of imidazole rings is 1. The fraction of sp³-hybridized carbons (Fsp3) is 0.312. The van der Waals surface area contributed by atoms with Crippen molar-refractivity contribution in [1.82, 2.24) is 24.3 Å². The van der Waals surface area contributed by atoms with Crippen LogP contribution in [-0.2, 0) is 13.7 Å². The van der Waals surface area contributed by atoms with Gasteiger partial charge < -0.3 is 9.47 Å². The molecule has 6 nitrogen and oxygen atoms in total. The van der Waals surface area contributed by atoms with Gasteiger partial charge in [-0.15, -0.1) is 10.2 Å². The smallest absolute Gasteiger partial charge is 0.186 e. The molecule has 0 aliphatic carbocycles. The first-order chi connectivity index (χ1) is 11.2. The van der Waals surface area contributed by atoms with Gasteiger partial charge in [0.05, 0.1) is 13.0 Å². The molecule has 23 heavy (non-hydrogen) atoms. The van der Waals surface area contributed by atoms with Gasteiger partial charge in [0.15, 0.2) is 17.5 Å². The fourth-order valence-corrected chi connectivity index (χ4v) is 3.23. The molecular weight excluding hydrogens is 312 g/mol. The second kappa shape index (κ2) is 5.38. The number of benzene rings is 1. The Labute approximate surface area is 139 Å². The number of hydrogen-bond donors (Lipinski definition) is 0. The van der Waals surface area contributed by atoms with E-state index in [1.165, 1.54) is 0 Å². The summed E-state index contributed by atoms with van der Waals surface area (Å²) in [5.41, 5.74) is 1.98. The minimum Gasteiger partial charge on any atom is -0.337 e. The Morgan fingerprint density at radius 3 is 2.83 bits per heavy atom. The number of aryl methyl sites for hydroxylation is 1. The molecule has 1 aliphatic rings. The molecule has 7 heteroatoms. The number of halogens is 1. The van der Waals surface area contributed by atoms with E-state index in [1.807, 2.05) is 42.2 Å². The van der Waals surface area contributed by atoms with E-state index in [4.69, 9.17) is 11.6 Å². The minimum absolute atomic E-state index is 0.696. The van der Waals surface area contributed by atoms with Crippen molar-refractivity contribution in [2.75, 3.05) is 11.4 Å². The van der Waals surface area contributed by atoms with E-state index < -0.39 is 0 Å². The maximum absolute atomic E-state index is 6.13. The maximum Gasteiger partial charge on any atom is 0.186 e. The predicted molar refractivity (Wildman–Crippen MR) is 90.3 cm³/mol. The van der Waals surface area contributed by atoms with Crippen molar-refractivity contribution in [1.29, 1.82) is 0 Å². The van der Waals surface area contributed by atoms with E-state index in [0.717, 1.165) is 41.7 Å². The molecule has 0 spiro atoms. The molecule has 0 fully saturated rings. The molecule has 0 atom stereocenters. The van der Waals surface area contributed by atoms with Crippen molar-refractivity contribution in [3.8, 4) is 22.9 Å². The highest BCUT2D eigenvalue weighted by atomic mass is 35.5. The lowest BCUT2D eigenvalue weighted by molar-refractivity contribution is 0.616. The second-order valence-electron chi connectivity index (χ2n) is 5.72. The number of fused-ring (bicyclic) bond motifs is 3. The predicted octanol–water partition coefficient (Wildman–Crippen LogP) is 3.19. The van der Waals surface area contributed by atoms with Crippen LogP contribution >= 0.6 is 11.6 Å². The molecule has 0 saturated carbocycles. The van der Waals surface area contributed by atoms with Crippen molar-refractivity contribution in [2.24, 2.45) is 7.05 Å². The van der Waals surface area contributed by atoms with Crippen LogP contribution in [-0.4, -0.2) is 30.9 Å². The lowest BCUT2D eigenvalue weighted by Gasteiger charge is -2.29. The summed E-state index contributed by atoms with van der Waals surface area (Å²) in [7, 11) is 1.99. The molecule has 3 heterocycles. The molecule has 1 aromatic carbocycles. The second-order valence-corrected chi connectivity index (χ2v) is 6.15. The number of hydrogen-bond acceptors (Lipinski definition) is 4. The third-order valence-corrected chi connectivity index (χ3v) is 4.30. The highest BCUT2D eigenvalue weighted by molar-refractivity contribution is 6.30. The van der Waals surface area contributed by atoms with Crippen LogP contribution in [0.5, 0.6) is 0 Å². The summed E-state index contributed by atoms with van der Waals surface area (Å²) in [6, 6.07) is 7.72. The maximum atomic E-state index is 6.13. The molecule has 0 radical (unpaired) electrons. The Hall–Kier alpha value is -2.34. The molecule has 0 N–H and O–H groups in total. The Morgan fingerprint density at radius 2 is 2.04 bits per heavy atom. The van der Waals surface area contributed by atoms with Crippen LogP contribution in [0.3, 0.4) is 0 Å². The molecule has 3 aromatic rings. The molecular formula is C16H17ClN6. The summed E-state index contributed by atoms with van der Waals surface area (Å²) in [5, 5.41) is 9.52. The SMILES string of the molecule is CCCN1Cn2c(-c3cccc(Cl)c3)nnc2-c2c1ncn2C.